The van der Waals surface area contributed by atoms with Gasteiger partial charge in [0.05, 0.1) is 19.8 Å². The van der Waals surface area contributed by atoms with Crippen LogP contribution in [0.25, 0.3) is 0 Å². The van der Waals surface area contributed by atoms with Crippen LogP contribution in [-0.4, -0.2) is 31.6 Å². The lowest BCUT2D eigenvalue weighted by Crippen LogP contribution is -2.30. The maximum Gasteiger partial charge on any atom is 0.338 e. The topological polar surface area (TPSA) is 59.9 Å². The fraction of sp³-hybridized carbons (Fsp3) is 0.333. The van der Waals surface area contributed by atoms with Crippen LogP contribution in [0.5, 0.6) is 5.75 Å². The lowest BCUT2D eigenvalue weighted by atomic mass is 9.96. The summed E-state index contributed by atoms with van der Waals surface area (Å²) >= 11 is 1.50. The minimum Gasteiger partial charge on any atom is -0.497 e. The van der Waals surface area contributed by atoms with Gasteiger partial charge in [-0.15, -0.1) is 0 Å². The molecular weight excluding hydrogens is 288 g/mol. The molecule has 1 aliphatic rings. The van der Waals surface area contributed by atoms with E-state index in [0.29, 0.717) is 5.57 Å². The van der Waals surface area contributed by atoms with Gasteiger partial charge in [0.25, 0.3) is 0 Å². The molecular formula is C15H18N2O3S. The number of aliphatic imine (C=N–C) groups is 1. The Kier molecular flexibility index (Phi) is 4.90. The summed E-state index contributed by atoms with van der Waals surface area (Å²) < 4.78 is 10.0. The van der Waals surface area contributed by atoms with E-state index in [0.717, 1.165) is 22.2 Å². The van der Waals surface area contributed by atoms with E-state index in [4.69, 9.17) is 9.47 Å². The third-order valence-electron chi connectivity index (χ3n) is 3.25. The molecule has 1 aromatic rings. The second kappa shape index (κ2) is 6.67. The number of carbonyl (C=O) groups excluding carboxylic acids is 1. The largest absolute Gasteiger partial charge is 0.497 e. The zero-order valence-electron chi connectivity index (χ0n) is 12.5. The molecule has 1 aromatic carbocycles. The lowest BCUT2D eigenvalue weighted by molar-refractivity contribution is -0.136. The monoisotopic (exact) mass is 306 g/mol. The van der Waals surface area contributed by atoms with Crippen LogP contribution in [0.1, 0.15) is 18.5 Å². The third-order valence-corrected chi connectivity index (χ3v) is 3.84. The average molecular weight is 306 g/mol. The molecule has 0 saturated carbocycles. The molecule has 5 nitrogen and oxygen atoms in total. The number of nitrogens with zero attached hydrogens (tertiary/aromatic N) is 1. The number of allylic oxidation sites excluding steroid dienone is 1. The van der Waals surface area contributed by atoms with Crippen molar-refractivity contribution in [2.45, 2.75) is 13.0 Å². The van der Waals surface area contributed by atoms with E-state index in [1.807, 2.05) is 37.4 Å². The van der Waals surface area contributed by atoms with Crippen LogP contribution in [-0.2, 0) is 9.53 Å². The van der Waals surface area contributed by atoms with E-state index < -0.39 is 0 Å². The van der Waals surface area contributed by atoms with Gasteiger partial charge < -0.3 is 14.8 Å². The summed E-state index contributed by atoms with van der Waals surface area (Å²) in [6.45, 7) is 1.85. The van der Waals surface area contributed by atoms with Gasteiger partial charge in [-0.1, -0.05) is 23.9 Å². The number of thioether (sulfide) groups is 1. The lowest BCUT2D eigenvalue weighted by Gasteiger charge is -2.25. The molecule has 0 fully saturated rings. The highest BCUT2D eigenvalue weighted by Crippen LogP contribution is 2.33. The van der Waals surface area contributed by atoms with E-state index >= 15 is 0 Å². The number of ether oxygens (including phenoxy) is 2. The molecule has 1 heterocycles. The minimum atomic E-state index is -0.371. The number of nitrogens with one attached hydrogen (secondary N) is 1. The summed E-state index contributed by atoms with van der Waals surface area (Å²) in [5.41, 5.74) is 2.21. The van der Waals surface area contributed by atoms with Gasteiger partial charge >= 0.3 is 5.97 Å². The van der Waals surface area contributed by atoms with Crippen LogP contribution in [0.4, 0.5) is 0 Å². The fourth-order valence-electron chi connectivity index (χ4n) is 2.15. The molecule has 1 aliphatic heterocycles. The summed E-state index contributed by atoms with van der Waals surface area (Å²) in [6.07, 6.45) is 1.94. The number of amidine groups is 1. The van der Waals surface area contributed by atoms with Gasteiger partial charge in [0.2, 0.25) is 0 Å². The van der Waals surface area contributed by atoms with Crippen LogP contribution in [0, 0.1) is 0 Å². The van der Waals surface area contributed by atoms with Crippen molar-refractivity contribution in [1.82, 2.24) is 5.32 Å². The maximum atomic E-state index is 12.1. The molecule has 112 valence electrons. The van der Waals surface area contributed by atoms with Gasteiger partial charge in [0.1, 0.15) is 11.8 Å². The van der Waals surface area contributed by atoms with Crippen molar-refractivity contribution in [3.05, 3.63) is 41.1 Å². The number of rotatable bonds is 3. The first-order chi connectivity index (χ1) is 10.1. The quantitative estimate of drug-likeness (QED) is 0.870. The number of hydrogen-bond donors (Lipinski definition) is 1. The molecule has 1 N–H and O–H groups in total. The first-order valence-electron chi connectivity index (χ1n) is 6.42. The van der Waals surface area contributed by atoms with Crippen LogP contribution < -0.4 is 10.1 Å². The summed E-state index contributed by atoms with van der Waals surface area (Å²) in [6, 6.07) is 7.16. The Hall–Kier alpha value is -1.95. The van der Waals surface area contributed by atoms with Crippen LogP contribution in [0.2, 0.25) is 0 Å². The molecule has 0 bridgehead atoms. The van der Waals surface area contributed by atoms with Gasteiger partial charge in [0.15, 0.2) is 5.17 Å². The normalized spacial score (nSPS) is 17.9. The van der Waals surface area contributed by atoms with Crippen LogP contribution in [0.3, 0.4) is 0 Å². The molecule has 21 heavy (non-hydrogen) atoms. The van der Waals surface area contributed by atoms with E-state index in [-0.39, 0.29) is 12.0 Å². The van der Waals surface area contributed by atoms with E-state index in [9.17, 15) is 4.79 Å². The number of esters is 1. The van der Waals surface area contributed by atoms with Crippen molar-refractivity contribution in [1.29, 1.82) is 0 Å². The molecule has 0 aromatic heterocycles. The van der Waals surface area contributed by atoms with Crippen LogP contribution >= 0.6 is 11.8 Å². The molecule has 2 rings (SSSR count). The Labute approximate surface area is 128 Å². The summed E-state index contributed by atoms with van der Waals surface area (Å²) in [5, 5.41) is 3.90. The van der Waals surface area contributed by atoms with Crippen molar-refractivity contribution in [2.24, 2.45) is 4.99 Å². The van der Waals surface area contributed by atoms with Gasteiger partial charge in [0, 0.05) is 5.70 Å². The summed E-state index contributed by atoms with van der Waals surface area (Å²) in [5.74, 6) is 0.395. The third kappa shape index (κ3) is 3.21. The zero-order valence-corrected chi connectivity index (χ0v) is 13.3. The predicted octanol–water partition coefficient (Wildman–Crippen LogP) is 2.51. The van der Waals surface area contributed by atoms with Gasteiger partial charge in [-0.3, -0.25) is 0 Å². The van der Waals surface area contributed by atoms with E-state index in [2.05, 4.69) is 10.3 Å². The Bertz CT molecular complexity index is 593. The number of hydrogen-bond acceptors (Lipinski definition) is 6. The Morgan fingerprint density at radius 3 is 2.48 bits per heavy atom. The van der Waals surface area contributed by atoms with E-state index in [1.165, 1.54) is 18.9 Å². The van der Waals surface area contributed by atoms with Crippen molar-refractivity contribution in [2.75, 3.05) is 20.5 Å². The van der Waals surface area contributed by atoms with Gasteiger partial charge in [-0.05, 0) is 30.9 Å². The standard InChI is InChI=1S/C15H18N2O3S/c1-9-12(14(18)20-3)13(17-15(16-9)21-4)10-5-7-11(19-2)8-6-10/h5-8,13H,1-4H3,(H,16,17). The molecule has 0 spiro atoms. The maximum absolute atomic E-state index is 12.1. The second-order valence-corrected chi connectivity index (χ2v) is 5.26. The molecule has 6 heteroatoms. The Morgan fingerprint density at radius 2 is 1.95 bits per heavy atom. The highest BCUT2D eigenvalue weighted by molar-refractivity contribution is 8.13. The van der Waals surface area contributed by atoms with E-state index in [1.54, 1.807) is 7.11 Å². The number of methoxy groups -OCH3 is 2. The Balaban J connectivity index is 2.45. The molecule has 0 saturated heterocycles. The van der Waals surface area contributed by atoms with Gasteiger partial charge in [-0.25, -0.2) is 9.79 Å². The molecule has 0 amide bonds. The first kappa shape index (κ1) is 15.4. The minimum absolute atomic E-state index is 0.368. The van der Waals surface area contributed by atoms with Crippen molar-refractivity contribution in [3.63, 3.8) is 0 Å². The van der Waals surface area contributed by atoms with Crippen LogP contribution in [0.15, 0.2) is 40.5 Å². The highest BCUT2D eigenvalue weighted by atomic mass is 32.2. The summed E-state index contributed by atoms with van der Waals surface area (Å²) in [4.78, 5) is 16.7. The predicted molar refractivity (Wildman–Crippen MR) is 84.5 cm³/mol. The highest BCUT2D eigenvalue weighted by Gasteiger charge is 2.29. The Morgan fingerprint density at radius 1 is 1.29 bits per heavy atom. The molecule has 1 atom stereocenters. The van der Waals surface area contributed by atoms with Crippen molar-refractivity contribution >= 4 is 22.9 Å². The second-order valence-electron chi connectivity index (χ2n) is 4.47. The first-order valence-corrected chi connectivity index (χ1v) is 7.65. The number of carbonyl (C=O) groups is 1. The summed E-state index contributed by atoms with van der Waals surface area (Å²) in [7, 11) is 2.99. The fourth-order valence-corrected chi connectivity index (χ4v) is 2.62. The molecule has 1 unspecified atom stereocenters. The van der Waals surface area contributed by atoms with Crippen molar-refractivity contribution in [3.8, 4) is 5.75 Å². The van der Waals surface area contributed by atoms with Crippen molar-refractivity contribution < 1.29 is 14.3 Å². The number of benzene rings is 1. The smallest absolute Gasteiger partial charge is 0.338 e. The molecule has 0 radical (unpaired) electrons. The van der Waals surface area contributed by atoms with Gasteiger partial charge in [-0.2, -0.15) is 0 Å². The zero-order chi connectivity index (χ0) is 15.4. The molecule has 0 aliphatic carbocycles. The SMILES string of the molecule is COC(=O)C1=C(C)NC(SC)=NC1c1ccc(OC)cc1. The average Bonchev–Trinajstić information content (AvgIpc) is 2.53.